The molecule has 0 atom stereocenters. The molecule has 0 bridgehead atoms. The van der Waals surface area contributed by atoms with Gasteiger partial charge in [-0.1, -0.05) is 20.8 Å². The second-order valence-electron chi connectivity index (χ2n) is 7.48. The molecule has 0 saturated carbocycles. The highest BCUT2D eigenvalue weighted by atomic mass is 32.2. The number of sulfone groups is 1. The van der Waals surface area contributed by atoms with E-state index in [1.807, 2.05) is 0 Å². The van der Waals surface area contributed by atoms with Gasteiger partial charge in [0.15, 0.2) is 15.7 Å². The van der Waals surface area contributed by atoms with Gasteiger partial charge in [0, 0.05) is 18.8 Å². The van der Waals surface area contributed by atoms with E-state index in [-0.39, 0.29) is 27.6 Å². The quantitative estimate of drug-likeness (QED) is 0.874. The summed E-state index contributed by atoms with van der Waals surface area (Å²) in [4.78, 5) is 12.4. The highest BCUT2D eigenvalue weighted by Crippen LogP contribution is 2.25. The third-order valence-corrected chi connectivity index (χ3v) is 5.95. The van der Waals surface area contributed by atoms with Crippen molar-refractivity contribution < 1.29 is 22.0 Å². The van der Waals surface area contributed by atoms with Crippen LogP contribution < -0.4 is 5.32 Å². The van der Waals surface area contributed by atoms with Gasteiger partial charge in [0.2, 0.25) is 0 Å². The minimum atomic E-state index is -3.57. The number of rotatable bonds is 4. The molecule has 26 heavy (non-hydrogen) atoms. The van der Waals surface area contributed by atoms with Gasteiger partial charge in [0.05, 0.1) is 16.3 Å². The Kier molecular flexibility index (Phi) is 5.28. The van der Waals surface area contributed by atoms with Crippen LogP contribution in [-0.4, -0.2) is 24.6 Å². The van der Waals surface area contributed by atoms with Crippen molar-refractivity contribution in [2.45, 2.75) is 32.6 Å². The van der Waals surface area contributed by atoms with Crippen molar-refractivity contribution in [2.24, 2.45) is 12.5 Å². The number of nitrogens with zero attached hydrogens (tertiary/aromatic N) is 1. The fourth-order valence-electron chi connectivity index (χ4n) is 2.53. The summed E-state index contributed by atoms with van der Waals surface area (Å²) in [7, 11) is -2.05. The Hall–Kier alpha value is -2.22. The molecule has 0 saturated heterocycles. The summed E-state index contributed by atoms with van der Waals surface area (Å²) in [5.41, 5.74) is -0.762. The van der Waals surface area contributed by atoms with Crippen LogP contribution in [0.4, 0.5) is 14.5 Å². The average Bonchev–Trinajstić information content (AvgIpc) is 2.88. The summed E-state index contributed by atoms with van der Waals surface area (Å²) < 4.78 is 53.7. The Bertz CT molecular complexity index is 958. The highest BCUT2D eigenvalue weighted by molar-refractivity contribution is 7.91. The molecule has 142 valence electrons. The standard InChI is InChI=1S/C18H22F2N2O3S/c1-11-13(19)6-7-14(16(11)20)21-17(23)15-8-12(9-22(15)5)26(24,25)10-18(2,3)4/h6-9H,10H2,1-5H3,(H,21,23). The normalized spacial score (nSPS) is 12.3. The lowest BCUT2D eigenvalue weighted by Crippen LogP contribution is -2.20. The maximum Gasteiger partial charge on any atom is 0.272 e. The lowest BCUT2D eigenvalue weighted by molar-refractivity contribution is 0.101. The molecule has 0 spiro atoms. The Morgan fingerprint density at radius 2 is 1.85 bits per heavy atom. The van der Waals surface area contributed by atoms with E-state index in [1.54, 1.807) is 20.8 Å². The molecule has 2 aromatic rings. The molecule has 8 heteroatoms. The van der Waals surface area contributed by atoms with Crippen LogP contribution in [0.25, 0.3) is 0 Å². The van der Waals surface area contributed by atoms with Gasteiger partial charge in [-0.3, -0.25) is 4.79 Å². The van der Waals surface area contributed by atoms with Crippen molar-refractivity contribution in [3.05, 3.63) is 47.3 Å². The summed E-state index contributed by atoms with van der Waals surface area (Å²) in [6.07, 6.45) is 1.35. The van der Waals surface area contributed by atoms with E-state index in [0.717, 1.165) is 12.1 Å². The number of amides is 1. The van der Waals surface area contributed by atoms with Crippen molar-refractivity contribution in [3.63, 3.8) is 0 Å². The van der Waals surface area contributed by atoms with Crippen molar-refractivity contribution in [1.29, 1.82) is 0 Å². The summed E-state index contributed by atoms with van der Waals surface area (Å²) in [5.74, 6) is -2.34. The third-order valence-electron chi connectivity index (χ3n) is 3.76. The zero-order valence-corrected chi connectivity index (χ0v) is 16.2. The number of carbonyl (C=O) groups excluding carboxylic acids is 1. The van der Waals surface area contributed by atoms with Crippen LogP contribution in [-0.2, 0) is 16.9 Å². The van der Waals surface area contributed by atoms with Crippen molar-refractivity contribution >= 4 is 21.4 Å². The van der Waals surface area contributed by atoms with Gasteiger partial charge in [-0.2, -0.15) is 0 Å². The number of aryl methyl sites for hydroxylation is 1. The zero-order chi connectivity index (χ0) is 19.9. The van der Waals surface area contributed by atoms with Gasteiger partial charge in [-0.05, 0) is 30.5 Å². The first kappa shape index (κ1) is 20.1. The van der Waals surface area contributed by atoms with Crippen LogP contribution in [0.15, 0.2) is 29.3 Å². The smallest absolute Gasteiger partial charge is 0.272 e. The monoisotopic (exact) mass is 384 g/mol. The molecule has 1 aromatic carbocycles. The van der Waals surface area contributed by atoms with E-state index >= 15 is 0 Å². The lowest BCUT2D eigenvalue weighted by atomic mass is 10.0. The summed E-state index contributed by atoms with van der Waals surface area (Å²) in [6, 6.07) is 3.43. The second-order valence-corrected chi connectivity index (χ2v) is 9.47. The van der Waals surface area contributed by atoms with E-state index in [1.165, 1.54) is 30.8 Å². The molecule has 1 N–H and O–H groups in total. The van der Waals surface area contributed by atoms with E-state index in [0.29, 0.717) is 0 Å². The van der Waals surface area contributed by atoms with Gasteiger partial charge < -0.3 is 9.88 Å². The predicted molar refractivity (Wildman–Crippen MR) is 96.0 cm³/mol. The van der Waals surface area contributed by atoms with Crippen LogP contribution >= 0.6 is 0 Å². The largest absolute Gasteiger partial charge is 0.345 e. The zero-order valence-electron chi connectivity index (χ0n) is 15.4. The first-order valence-corrected chi connectivity index (χ1v) is 9.62. The first-order chi connectivity index (χ1) is 11.8. The molecular weight excluding hydrogens is 362 g/mol. The number of nitrogens with one attached hydrogen (secondary N) is 1. The van der Waals surface area contributed by atoms with Crippen molar-refractivity contribution in [1.82, 2.24) is 4.57 Å². The number of carbonyl (C=O) groups is 1. The van der Waals surface area contributed by atoms with E-state index in [4.69, 9.17) is 0 Å². The Morgan fingerprint density at radius 3 is 2.42 bits per heavy atom. The van der Waals surface area contributed by atoms with Crippen LogP contribution in [0.3, 0.4) is 0 Å². The number of benzene rings is 1. The molecule has 2 rings (SSSR count). The van der Waals surface area contributed by atoms with Gasteiger partial charge in [-0.25, -0.2) is 17.2 Å². The van der Waals surface area contributed by atoms with Crippen molar-refractivity contribution in [3.8, 4) is 0 Å². The van der Waals surface area contributed by atoms with E-state index in [2.05, 4.69) is 5.32 Å². The number of hydrogen-bond acceptors (Lipinski definition) is 3. The Balaban J connectivity index is 2.32. The molecule has 0 fully saturated rings. The van der Waals surface area contributed by atoms with Crippen LogP contribution in [0.1, 0.15) is 36.8 Å². The van der Waals surface area contributed by atoms with E-state index in [9.17, 15) is 22.0 Å². The molecule has 1 amide bonds. The summed E-state index contributed by atoms with van der Waals surface area (Å²) >= 11 is 0. The van der Waals surface area contributed by atoms with Gasteiger partial charge in [0.25, 0.3) is 5.91 Å². The van der Waals surface area contributed by atoms with Crippen LogP contribution in [0.5, 0.6) is 0 Å². The summed E-state index contributed by atoms with van der Waals surface area (Å²) in [5, 5.41) is 2.35. The Labute approximate surface area is 151 Å². The van der Waals surface area contributed by atoms with Crippen molar-refractivity contribution in [2.75, 3.05) is 11.1 Å². The molecule has 1 aromatic heterocycles. The predicted octanol–water partition coefficient (Wildman–Crippen LogP) is 3.68. The number of aromatic nitrogens is 1. The third kappa shape index (κ3) is 4.30. The number of anilines is 1. The molecule has 0 radical (unpaired) electrons. The van der Waals surface area contributed by atoms with Gasteiger partial charge >= 0.3 is 0 Å². The minimum Gasteiger partial charge on any atom is -0.345 e. The SMILES string of the molecule is Cc1c(F)ccc(NC(=O)c2cc(S(=O)(=O)CC(C)(C)C)cn2C)c1F. The molecule has 0 aliphatic rings. The average molecular weight is 384 g/mol. The lowest BCUT2D eigenvalue weighted by Gasteiger charge is -2.17. The maximum atomic E-state index is 14.1. The molecule has 0 aliphatic carbocycles. The summed E-state index contributed by atoms with van der Waals surface area (Å²) in [6.45, 7) is 6.68. The molecular formula is C18H22F2N2O3S. The van der Waals surface area contributed by atoms with Gasteiger partial charge in [-0.15, -0.1) is 0 Å². The first-order valence-electron chi connectivity index (χ1n) is 7.97. The second kappa shape index (κ2) is 6.83. The molecule has 0 aliphatic heterocycles. The minimum absolute atomic E-state index is 0.0239. The molecule has 0 unspecified atom stereocenters. The van der Waals surface area contributed by atoms with Gasteiger partial charge in [0.1, 0.15) is 11.5 Å². The number of hydrogen-bond donors (Lipinski definition) is 1. The van der Waals surface area contributed by atoms with Crippen LogP contribution in [0.2, 0.25) is 0 Å². The van der Waals surface area contributed by atoms with E-state index < -0.39 is 32.8 Å². The number of halogens is 2. The van der Waals surface area contributed by atoms with Crippen LogP contribution in [0, 0.1) is 24.0 Å². The highest BCUT2D eigenvalue weighted by Gasteiger charge is 2.26. The maximum absolute atomic E-state index is 14.1. The molecule has 1 heterocycles. The fraction of sp³-hybridized carbons (Fsp3) is 0.389. The molecule has 5 nitrogen and oxygen atoms in total. The fourth-order valence-corrected chi connectivity index (χ4v) is 4.44. The Morgan fingerprint density at radius 1 is 1.23 bits per heavy atom. The topological polar surface area (TPSA) is 68.2 Å².